The number of halogens is 3. The molecular weight excluding hydrogens is 429 g/mol. The van der Waals surface area contributed by atoms with Crippen LogP contribution in [0.15, 0.2) is 48.5 Å². The van der Waals surface area contributed by atoms with Crippen molar-refractivity contribution in [2.45, 2.75) is 25.1 Å². The summed E-state index contributed by atoms with van der Waals surface area (Å²) in [4.78, 5) is 35.4. The topological polar surface area (TPSA) is 95.9 Å². The molecule has 3 rings (SSSR count). The molecule has 32 heavy (non-hydrogen) atoms. The van der Waals surface area contributed by atoms with Crippen molar-refractivity contribution in [2.75, 3.05) is 19.7 Å². The van der Waals surface area contributed by atoms with Gasteiger partial charge in [-0.25, -0.2) is 4.79 Å². The lowest BCUT2D eigenvalue weighted by atomic mass is 9.98. The molecule has 2 amide bonds. The third kappa shape index (κ3) is 5.37. The number of alkyl halides is 3. The van der Waals surface area contributed by atoms with E-state index in [4.69, 9.17) is 9.84 Å². The molecule has 0 bridgehead atoms. The van der Waals surface area contributed by atoms with Gasteiger partial charge >= 0.3 is 18.2 Å². The Bertz CT molecular complexity index is 979. The van der Waals surface area contributed by atoms with E-state index in [0.717, 1.165) is 29.2 Å². The van der Waals surface area contributed by atoms with Crippen LogP contribution in [0.2, 0.25) is 0 Å². The monoisotopic (exact) mass is 450 g/mol. The van der Waals surface area contributed by atoms with Crippen molar-refractivity contribution in [1.29, 1.82) is 0 Å². The van der Waals surface area contributed by atoms with E-state index in [2.05, 4.69) is 5.32 Å². The van der Waals surface area contributed by atoms with Gasteiger partial charge in [0.2, 0.25) is 5.91 Å². The Morgan fingerprint density at radius 1 is 1.06 bits per heavy atom. The first-order valence-electron chi connectivity index (χ1n) is 9.75. The lowest BCUT2D eigenvalue weighted by molar-refractivity contribution is -0.166. The number of nitrogens with zero attached hydrogens (tertiary/aromatic N) is 1. The van der Waals surface area contributed by atoms with Crippen molar-refractivity contribution in [1.82, 2.24) is 10.2 Å². The molecule has 2 aromatic carbocycles. The summed E-state index contributed by atoms with van der Waals surface area (Å²) in [6.07, 6.45) is -5.77. The molecule has 1 aliphatic carbocycles. The molecule has 0 saturated carbocycles. The highest BCUT2D eigenvalue weighted by atomic mass is 19.4. The van der Waals surface area contributed by atoms with Gasteiger partial charge in [0.15, 0.2) is 0 Å². The number of carbonyl (C=O) groups excluding carboxylic acids is 2. The van der Waals surface area contributed by atoms with E-state index in [1.54, 1.807) is 0 Å². The number of benzene rings is 2. The molecule has 2 aromatic rings. The largest absolute Gasteiger partial charge is 0.480 e. The molecule has 10 heteroatoms. The fourth-order valence-corrected chi connectivity index (χ4v) is 3.74. The molecule has 0 aliphatic heterocycles. The summed E-state index contributed by atoms with van der Waals surface area (Å²) in [7, 11) is 0. The van der Waals surface area contributed by atoms with Gasteiger partial charge in [0.1, 0.15) is 25.7 Å². The lowest BCUT2D eigenvalue weighted by Gasteiger charge is -2.25. The summed E-state index contributed by atoms with van der Waals surface area (Å²) in [5, 5.41) is 11.0. The molecule has 0 aromatic heterocycles. The van der Waals surface area contributed by atoms with Crippen LogP contribution in [-0.2, 0) is 14.3 Å². The zero-order valence-corrected chi connectivity index (χ0v) is 17.1. The molecule has 0 fully saturated rings. The lowest BCUT2D eigenvalue weighted by Crippen LogP contribution is -2.51. The summed E-state index contributed by atoms with van der Waals surface area (Å²) in [5.74, 6) is -3.01. The van der Waals surface area contributed by atoms with E-state index in [-0.39, 0.29) is 17.4 Å². The molecule has 0 spiro atoms. The van der Waals surface area contributed by atoms with Crippen molar-refractivity contribution in [3.63, 3.8) is 0 Å². The van der Waals surface area contributed by atoms with E-state index in [1.807, 2.05) is 48.5 Å². The van der Waals surface area contributed by atoms with Crippen LogP contribution >= 0.6 is 0 Å². The molecule has 0 saturated heterocycles. The van der Waals surface area contributed by atoms with Crippen molar-refractivity contribution < 1.29 is 37.4 Å². The van der Waals surface area contributed by atoms with Crippen LogP contribution in [0.1, 0.15) is 24.0 Å². The van der Waals surface area contributed by atoms with E-state index in [1.165, 1.54) is 0 Å². The second-order valence-electron chi connectivity index (χ2n) is 7.39. The third-order valence-corrected chi connectivity index (χ3v) is 5.06. The van der Waals surface area contributed by atoms with E-state index < -0.39 is 43.3 Å². The van der Waals surface area contributed by atoms with Crippen LogP contribution in [0.3, 0.4) is 0 Å². The van der Waals surface area contributed by atoms with Gasteiger partial charge in [0, 0.05) is 5.92 Å². The van der Waals surface area contributed by atoms with Crippen molar-refractivity contribution >= 4 is 18.0 Å². The Morgan fingerprint density at radius 2 is 1.59 bits per heavy atom. The Morgan fingerprint density at radius 3 is 2.09 bits per heavy atom. The summed E-state index contributed by atoms with van der Waals surface area (Å²) in [6, 6.07) is 13.9. The van der Waals surface area contributed by atoms with Crippen LogP contribution in [0, 0.1) is 0 Å². The average Bonchev–Trinajstić information content (AvgIpc) is 3.03. The number of hydrogen-bond donors (Lipinski definition) is 2. The molecule has 1 aliphatic rings. The molecule has 1 atom stereocenters. The van der Waals surface area contributed by atoms with Gasteiger partial charge in [-0.3, -0.25) is 9.59 Å². The first kappa shape index (κ1) is 23.1. The van der Waals surface area contributed by atoms with Gasteiger partial charge in [-0.05, 0) is 29.2 Å². The van der Waals surface area contributed by atoms with E-state index in [9.17, 15) is 27.6 Å². The van der Waals surface area contributed by atoms with Crippen LogP contribution < -0.4 is 5.32 Å². The summed E-state index contributed by atoms with van der Waals surface area (Å²) >= 11 is 0. The number of nitrogens with one attached hydrogen (secondary N) is 1. The number of hydrogen-bond acceptors (Lipinski definition) is 4. The average molecular weight is 450 g/mol. The predicted octanol–water partition coefficient (Wildman–Crippen LogP) is 3.39. The Labute approximate surface area is 181 Å². The van der Waals surface area contributed by atoms with Gasteiger partial charge in [0.05, 0.1) is 0 Å². The number of fused-ring (bicyclic) bond motifs is 3. The Kier molecular flexibility index (Phi) is 6.71. The summed E-state index contributed by atoms with van der Waals surface area (Å²) in [6.45, 7) is -1.76. The minimum atomic E-state index is -4.78. The number of aliphatic carboxylic acids is 1. The zero-order chi connectivity index (χ0) is 23.5. The standard InChI is InChI=1S/C22H21F3N2O5/c1-13(20(30)27(10-19(28)29)12-22(23,24)25)26-21(31)32-11-18-16-8-4-2-6-14(16)15-7-3-5-9-17(15)18/h2-9,13,18H,10-12H2,1H3,(H,26,31)(H,28,29). The first-order valence-corrected chi connectivity index (χ1v) is 9.75. The molecule has 0 radical (unpaired) electrons. The summed E-state index contributed by atoms with van der Waals surface area (Å²) in [5.41, 5.74) is 4.00. The Hall–Kier alpha value is -3.56. The summed E-state index contributed by atoms with van der Waals surface area (Å²) < 4.78 is 43.3. The van der Waals surface area contributed by atoms with Gasteiger partial charge in [-0.1, -0.05) is 48.5 Å². The highest BCUT2D eigenvalue weighted by molar-refractivity contribution is 5.88. The number of carboxylic acids is 1. The second-order valence-corrected chi connectivity index (χ2v) is 7.39. The van der Waals surface area contributed by atoms with Gasteiger partial charge in [-0.15, -0.1) is 0 Å². The third-order valence-electron chi connectivity index (χ3n) is 5.06. The Balaban J connectivity index is 1.63. The number of carboxylic acid groups (broad SMARTS) is 1. The normalized spacial score (nSPS) is 13.6. The maximum Gasteiger partial charge on any atom is 0.407 e. The molecule has 170 valence electrons. The van der Waals surface area contributed by atoms with E-state index >= 15 is 0 Å². The fourth-order valence-electron chi connectivity index (χ4n) is 3.74. The maximum atomic E-state index is 12.7. The van der Waals surface area contributed by atoms with Gasteiger partial charge in [0.25, 0.3) is 0 Å². The molecule has 0 heterocycles. The molecule has 1 unspecified atom stereocenters. The number of ether oxygens (including phenoxy) is 1. The SMILES string of the molecule is CC(NC(=O)OCC1c2ccccc2-c2ccccc21)C(=O)N(CC(=O)O)CC(F)(F)F. The number of amides is 2. The molecular formula is C22H21F3N2O5. The molecule has 7 nitrogen and oxygen atoms in total. The van der Waals surface area contributed by atoms with Crippen LogP contribution in [0.4, 0.5) is 18.0 Å². The maximum absolute atomic E-state index is 12.7. The highest BCUT2D eigenvalue weighted by Gasteiger charge is 2.36. The van der Waals surface area contributed by atoms with Gasteiger partial charge in [-0.2, -0.15) is 13.2 Å². The highest BCUT2D eigenvalue weighted by Crippen LogP contribution is 2.44. The number of alkyl carbamates (subject to hydrolysis) is 1. The smallest absolute Gasteiger partial charge is 0.407 e. The predicted molar refractivity (Wildman–Crippen MR) is 108 cm³/mol. The first-order chi connectivity index (χ1) is 15.1. The van der Waals surface area contributed by atoms with Crippen LogP contribution in [-0.4, -0.2) is 59.9 Å². The number of rotatable bonds is 7. The van der Waals surface area contributed by atoms with Gasteiger partial charge < -0.3 is 20.1 Å². The van der Waals surface area contributed by atoms with Crippen molar-refractivity contribution in [3.8, 4) is 11.1 Å². The minimum absolute atomic E-state index is 0.0395. The fraction of sp³-hybridized carbons (Fsp3) is 0.318. The van der Waals surface area contributed by atoms with E-state index in [0.29, 0.717) is 0 Å². The van der Waals surface area contributed by atoms with Crippen LogP contribution in [0.5, 0.6) is 0 Å². The second kappa shape index (κ2) is 9.29. The van der Waals surface area contributed by atoms with Crippen molar-refractivity contribution in [3.05, 3.63) is 59.7 Å². The molecule has 2 N–H and O–H groups in total. The minimum Gasteiger partial charge on any atom is -0.480 e. The van der Waals surface area contributed by atoms with Crippen molar-refractivity contribution in [2.24, 2.45) is 0 Å². The number of carbonyl (C=O) groups is 3. The zero-order valence-electron chi connectivity index (χ0n) is 17.1. The van der Waals surface area contributed by atoms with Crippen LogP contribution in [0.25, 0.3) is 11.1 Å². The quantitative estimate of drug-likeness (QED) is 0.674.